The summed E-state index contributed by atoms with van der Waals surface area (Å²) in [6.45, 7) is 1.27. The van der Waals surface area contributed by atoms with Crippen molar-refractivity contribution in [1.82, 2.24) is 15.1 Å². The first kappa shape index (κ1) is 23.5. The Bertz CT molecular complexity index is 645. The number of hydrogen-bond donors (Lipinski definition) is 2. The smallest absolute Gasteiger partial charge is 0.391 e. The molecular formula is C19H28ClF4N3O3. The van der Waals surface area contributed by atoms with Gasteiger partial charge in [-0.1, -0.05) is 0 Å². The second kappa shape index (κ2) is 9.16. The van der Waals surface area contributed by atoms with E-state index in [2.05, 4.69) is 5.32 Å². The Kier molecular flexibility index (Phi) is 7.18. The molecule has 3 aliphatic rings. The van der Waals surface area contributed by atoms with E-state index in [0.29, 0.717) is 12.8 Å². The Morgan fingerprint density at radius 2 is 1.80 bits per heavy atom. The van der Waals surface area contributed by atoms with Gasteiger partial charge in [0.2, 0.25) is 11.8 Å². The maximum atomic E-state index is 14.6. The Hall–Kier alpha value is -1.13. The molecule has 1 aliphatic carbocycles. The Morgan fingerprint density at radius 3 is 2.33 bits per heavy atom. The van der Waals surface area contributed by atoms with E-state index in [0.717, 1.165) is 4.90 Å². The number of amides is 2. The summed E-state index contributed by atoms with van der Waals surface area (Å²) in [5, 5.41) is 12.3. The topological polar surface area (TPSA) is 72.9 Å². The average molecular weight is 458 g/mol. The van der Waals surface area contributed by atoms with Crippen LogP contribution in [-0.2, 0) is 9.59 Å². The Morgan fingerprint density at radius 1 is 1.17 bits per heavy atom. The van der Waals surface area contributed by atoms with Crippen molar-refractivity contribution in [1.29, 1.82) is 0 Å². The summed E-state index contributed by atoms with van der Waals surface area (Å²) in [5.74, 6) is -2.51. The standard InChI is InChI=1S/C19H28ClF4N3O3/c1-10-17(29)26(8-11-2-4-12(5-3-11)19(22,23)24)15(9-28)18(30)27(10)16-14(21)6-13(20)7-25-16/h10-16,25,28H,2-9H2,1H3/t10-,11?,12?,13?,14?,15-,16?/m0/s1. The number of nitrogens with one attached hydrogen (secondary N) is 1. The highest BCUT2D eigenvalue weighted by atomic mass is 35.5. The number of piperidine rings is 1. The SMILES string of the molecule is C[C@H]1C(=O)N(CC2CCC(C(F)(F)F)CC2)[C@@H](CO)C(=O)N1C1NCC(Cl)CC1F. The second-order valence-corrected chi connectivity index (χ2v) is 9.19. The van der Waals surface area contributed by atoms with E-state index in [1.807, 2.05) is 0 Å². The quantitative estimate of drug-likeness (QED) is 0.500. The summed E-state index contributed by atoms with van der Waals surface area (Å²) >= 11 is 5.95. The number of rotatable bonds is 4. The number of piperazine rings is 1. The van der Waals surface area contributed by atoms with Gasteiger partial charge in [0.1, 0.15) is 24.4 Å². The molecule has 6 nitrogen and oxygen atoms in total. The minimum atomic E-state index is -4.22. The van der Waals surface area contributed by atoms with Gasteiger partial charge in [-0.3, -0.25) is 14.9 Å². The number of alkyl halides is 5. The van der Waals surface area contributed by atoms with Crippen molar-refractivity contribution in [3.05, 3.63) is 0 Å². The molecule has 172 valence electrons. The van der Waals surface area contributed by atoms with Crippen LogP contribution < -0.4 is 5.32 Å². The predicted octanol–water partition coefficient (Wildman–Crippen LogP) is 2.04. The van der Waals surface area contributed by atoms with Gasteiger partial charge < -0.3 is 14.9 Å². The van der Waals surface area contributed by atoms with E-state index < -0.39 is 60.3 Å². The van der Waals surface area contributed by atoms with Crippen LogP contribution in [0.5, 0.6) is 0 Å². The summed E-state index contributed by atoms with van der Waals surface area (Å²) in [4.78, 5) is 28.5. The molecule has 5 atom stereocenters. The molecule has 2 aliphatic heterocycles. The lowest BCUT2D eigenvalue weighted by Crippen LogP contribution is -2.72. The molecule has 2 saturated heterocycles. The molecule has 1 saturated carbocycles. The van der Waals surface area contributed by atoms with Gasteiger partial charge in [0.15, 0.2) is 0 Å². The summed E-state index contributed by atoms with van der Waals surface area (Å²) in [6.07, 6.45) is -6.06. The molecule has 0 bridgehead atoms. The molecule has 3 rings (SSSR count). The molecule has 0 radical (unpaired) electrons. The number of halogens is 5. The fourth-order valence-electron chi connectivity index (χ4n) is 4.84. The van der Waals surface area contributed by atoms with Crippen molar-refractivity contribution in [3.8, 4) is 0 Å². The van der Waals surface area contributed by atoms with E-state index in [1.165, 1.54) is 11.8 Å². The zero-order valence-electron chi connectivity index (χ0n) is 16.7. The van der Waals surface area contributed by atoms with Gasteiger partial charge in [-0.25, -0.2) is 4.39 Å². The predicted molar refractivity (Wildman–Crippen MR) is 101 cm³/mol. The van der Waals surface area contributed by atoms with E-state index >= 15 is 0 Å². The lowest BCUT2D eigenvalue weighted by atomic mass is 9.81. The zero-order valence-corrected chi connectivity index (χ0v) is 17.5. The van der Waals surface area contributed by atoms with E-state index in [9.17, 15) is 32.3 Å². The largest absolute Gasteiger partial charge is 0.394 e. The summed E-state index contributed by atoms with van der Waals surface area (Å²) < 4.78 is 53.2. The van der Waals surface area contributed by atoms with Crippen LogP contribution in [0, 0.1) is 11.8 Å². The number of aliphatic hydroxyl groups is 1. The molecule has 0 aromatic heterocycles. The molecule has 2 amide bonds. The minimum Gasteiger partial charge on any atom is -0.394 e. The maximum Gasteiger partial charge on any atom is 0.391 e. The van der Waals surface area contributed by atoms with Crippen molar-refractivity contribution in [3.63, 3.8) is 0 Å². The average Bonchev–Trinajstić information content (AvgIpc) is 2.67. The van der Waals surface area contributed by atoms with Gasteiger partial charge in [-0.15, -0.1) is 11.6 Å². The van der Waals surface area contributed by atoms with E-state index in [1.54, 1.807) is 0 Å². The fraction of sp³-hybridized carbons (Fsp3) is 0.895. The molecule has 2 heterocycles. The van der Waals surface area contributed by atoms with Gasteiger partial charge in [0, 0.05) is 18.5 Å². The molecule has 3 fully saturated rings. The fourth-order valence-corrected chi connectivity index (χ4v) is 5.10. The zero-order chi connectivity index (χ0) is 22.2. The maximum absolute atomic E-state index is 14.6. The first-order valence-electron chi connectivity index (χ1n) is 10.4. The van der Waals surface area contributed by atoms with Gasteiger partial charge >= 0.3 is 6.18 Å². The van der Waals surface area contributed by atoms with Crippen LogP contribution in [-0.4, -0.2) is 82.4 Å². The van der Waals surface area contributed by atoms with Gasteiger partial charge in [-0.2, -0.15) is 13.2 Å². The molecule has 0 aromatic carbocycles. The molecule has 2 N–H and O–H groups in total. The number of hydrogen-bond acceptors (Lipinski definition) is 4. The summed E-state index contributed by atoms with van der Waals surface area (Å²) in [5.41, 5.74) is 0. The molecule has 30 heavy (non-hydrogen) atoms. The van der Waals surface area contributed by atoms with Crippen molar-refractivity contribution < 1.29 is 32.3 Å². The third-order valence-corrected chi connectivity index (χ3v) is 6.92. The number of carbonyl (C=O) groups is 2. The van der Waals surface area contributed by atoms with E-state index in [-0.39, 0.29) is 38.3 Å². The summed E-state index contributed by atoms with van der Waals surface area (Å²) in [6, 6.07) is -2.12. The van der Waals surface area contributed by atoms with Gasteiger partial charge in [-0.05, 0) is 44.9 Å². The number of aliphatic hydroxyl groups excluding tert-OH is 1. The monoisotopic (exact) mass is 457 g/mol. The van der Waals surface area contributed by atoms with Gasteiger partial charge in [0.25, 0.3) is 0 Å². The van der Waals surface area contributed by atoms with Gasteiger partial charge in [0.05, 0.1) is 12.5 Å². The highest BCUT2D eigenvalue weighted by Gasteiger charge is 2.50. The van der Waals surface area contributed by atoms with Crippen LogP contribution in [0.4, 0.5) is 17.6 Å². The van der Waals surface area contributed by atoms with Crippen molar-refractivity contribution in [2.24, 2.45) is 11.8 Å². The van der Waals surface area contributed by atoms with Crippen molar-refractivity contribution in [2.75, 3.05) is 19.7 Å². The van der Waals surface area contributed by atoms with Crippen LogP contribution in [0.25, 0.3) is 0 Å². The van der Waals surface area contributed by atoms with Crippen LogP contribution in [0.2, 0.25) is 0 Å². The lowest BCUT2D eigenvalue weighted by Gasteiger charge is -2.49. The highest BCUT2D eigenvalue weighted by Crippen LogP contribution is 2.40. The summed E-state index contributed by atoms with van der Waals surface area (Å²) in [7, 11) is 0. The van der Waals surface area contributed by atoms with Crippen LogP contribution in [0.15, 0.2) is 0 Å². The number of carbonyl (C=O) groups excluding carboxylic acids is 2. The molecule has 0 aromatic rings. The Balaban J connectivity index is 1.69. The highest BCUT2D eigenvalue weighted by molar-refractivity contribution is 6.20. The van der Waals surface area contributed by atoms with Crippen LogP contribution >= 0.6 is 11.6 Å². The van der Waals surface area contributed by atoms with E-state index in [4.69, 9.17) is 11.6 Å². The Labute approximate surface area is 177 Å². The lowest BCUT2D eigenvalue weighted by molar-refractivity contribution is -0.185. The number of nitrogens with zero attached hydrogens (tertiary/aromatic N) is 2. The second-order valence-electron chi connectivity index (χ2n) is 8.57. The first-order chi connectivity index (χ1) is 14.0. The molecule has 11 heteroatoms. The van der Waals surface area contributed by atoms with Crippen molar-refractivity contribution >= 4 is 23.4 Å². The molecular weight excluding hydrogens is 430 g/mol. The molecule has 0 spiro atoms. The third kappa shape index (κ3) is 4.70. The van der Waals surface area contributed by atoms with Crippen LogP contribution in [0.3, 0.4) is 0 Å². The third-order valence-electron chi connectivity index (χ3n) is 6.58. The first-order valence-corrected chi connectivity index (χ1v) is 10.8. The van der Waals surface area contributed by atoms with Crippen molar-refractivity contribution in [2.45, 2.75) is 75.0 Å². The minimum absolute atomic E-state index is 0.00919. The molecule has 3 unspecified atom stereocenters. The van der Waals surface area contributed by atoms with Crippen LogP contribution in [0.1, 0.15) is 39.0 Å². The normalized spacial score (nSPS) is 38.8.